The summed E-state index contributed by atoms with van der Waals surface area (Å²) in [5, 5.41) is 13.7. The van der Waals surface area contributed by atoms with Crippen molar-refractivity contribution in [1.29, 1.82) is 0 Å². The van der Waals surface area contributed by atoms with Crippen molar-refractivity contribution in [2.45, 2.75) is 37.5 Å². The van der Waals surface area contributed by atoms with Crippen molar-refractivity contribution >= 4 is 22.7 Å². The Balaban J connectivity index is 1.41. The highest BCUT2D eigenvalue weighted by atomic mass is 16.3. The average Bonchev–Trinajstić information content (AvgIpc) is 3.14. The van der Waals surface area contributed by atoms with Crippen molar-refractivity contribution in [2.75, 3.05) is 26.7 Å². The Morgan fingerprint density at radius 2 is 1.89 bits per heavy atom. The Labute approximate surface area is 164 Å². The molecule has 2 fully saturated rings. The summed E-state index contributed by atoms with van der Waals surface area (Å²) in [6.45, 7) is 1.78. The molecule has 7 heteroatoms. The second-order valence-electron chi connectivity index (χ2n) is 7.63. The first-order chi connectivity index (χ1) is 13.6. The molecule has 2 atom stereocenters. The third-order valence-corrected chi connectivity index (χ3v) is 5.90. The second kappa shape index (κ2) is 7.85. The van der Waals surface area contributed by atoms with Gasteiger partial charge >= 0.3 is 0 Å². The number of aliphatic hydroxyl groups is 1. The summed E-state index contributed by atoms with van der Waals surface area (Å²) in [6, 6.07) is 11.4. The number of nitrogens with zero attached hydrogens (tertiary/aromatic N) is 3. The minimum absolute atomic E-state index is 0.0459. The Kier molecular flexibility index (Phi) is 5.28. The van der Waals surface area contributed by atoms with Gasteiger partial charge in [0, 0.05) is 38.1 Å². The summed E-state index contributed by atoms with van der Waals surface area (Å²) in [5.41, 5.74) is 1.29. The largest absolute Gasteiger partial charge is 0.392 e. The van der Waals surface area contributed by atoms with Gasteiger partial charge < -0.3 is 15.3 Å². The molecule has 4 rings (SSSR count). The van der Waals surface area contributed by atoms with Gasteiger partial charge in [0.15, 0.2) is 0 Å². The van der Waals surface area contributed by atoms with E-state index >= 15 is 0 Å². The molecular weight excluding hydrogens is 356 g/mol. The van der Waals surface area contributed by atoms with Gasteiger partial charge in [0.05, 0.1) is 17.7 Å². The van der Waals surface area contributed by atoms with Crippen LogP contribution in [0.5, 0.6) is 0 Å². The number of rotatable bonds is 3. The van der Waals surface area contributed by atoms with Crippen LogP contribution < -0.4 is 5.32 Å². The van der Waals surface area contributed by atoms with Crippen molar-refractivity contribution in [3.63, 3.8) is 0 Å². The Hall–Kier alpha value is -2.51. The van der Waals surface area contributed by atoms with E-state index in [9.17, 15) is 14.7 Å². The number of likely N-dealkylation sites (N-methyl/N-ethyl adjacent to an activating group) is 1. The second-order valence-corrected chi connectivity index (χ2v) is 7.63. The molecule has 0 bridgehead atoms. The van der Waals surface area contributed by atoms with E-state index in [1.807, 2.05) is 35.2 Å². The molecule has 2 aromatic rings. The van der Waals surface area contributed by atoms with E-state index in [4.69, 9.17) is 0 Å². The van der Waals surface area contributed by atoms with Crippen molar-refractivity contribution in [3.8, 4) is 0 Å². The maximum absolute atomic E-state index is 12.9. The first kappa shape index (κ1) is 18.8. The summed E-state index contributed by atoms with van der Waals surface area (Å²) in [4.78, 5) is 33.5. The van der Waals surface area contributed by atoms with Crippen molar-refractivity contribution in [1.82, 2.24) is 20.1 Å². The van der Waals surface area contributed by atoms with Gasteiger partial charge in [0.2, 0.25) is 5.91 Å². The van der Waals surface area contributed by atoms with Gasteiger partial charge in [0.1, 0.15) is 5.69 Å². The third kappa shape index (κ3) is 3.59. The highest BCUT2D eigenvalue weighted by Crippen LogP contribution is 2.27. The number of piperidine rings is 1. The highest BCUT2D eigenvalue weighted by Gasteiger charge is 2.40. The first-order valence-electron chi connectivity index (χ1n) is 9.87. The Morgan fingerprint density at radius 1 is 1.14 bits per heavy atom. The lowest BCUT2D eigenvalue weighted by Gasteiger charge is -2.38. The zero-order valence-corrected chi connectivity index (χ0v) is 16.0. The molecule has 2 aliphatic heterocycles. The number of aliphatic hydroxyl groups excluding tert-OH is 1. The zero-order valence-electron chi connectivity index (χ0n) is 16.0. The maximum atomic E-state index is 12.9. The van der Waals surface area contributed by atoms with Crippen LogP contribution in [0.15, 0.2) is 36.4 Å². The van der Waals surface area contributed by atoms with Gasteiger partial charge in [-0.2, -0.15) is 0 Å². The van der Waals surface area contributed by atoms with E-state index in [1.165, 1.54) is 0 Å². The molecule has 7 nitrogen and oxygen atoms in total. The molecule has 28 heavy (non-hydrogen) atoms. The van der Waals surface area contributed by atoms with Crippen LogP contribution in [0, 0.1) is 0 Å². The van der Waals surface area contributed by atoms with Crippen molar-refractivity contribution in [3.05, 3.63) is 42.1 Å². The molecular formula is C21H26N4O3. The third-order valence-electron chi connectivity index (χ3n) is 5.90. The molecule has 1 aromatic heterocycles. The number of amides is 2. The number of carbonyl (C=O) groups excluding carboxylic acids is 2. The molecule has 2 aliphatic rings. The van der Waals surface area contributed by atoms with Crippen LogP contribution >= 0.6 is 0 Å². The van der Waals surface area contributed by atoms with Gasteiger partial charge in [0.25, 0.3) is 5.91 Å². The van der Waals surface area contributed by atoms with Crippen LogP contribution in [-0.4, -0.2) is 76.6 Å². The number of hydrogen-bond acceptors (Lipinski definition) is 5. The average molecular weight is 382 g/mol. The number of likely N-dealkylation sites (tertiary alicyclic amines) is 2. The molecule has 0 aliphatic carbocycles. The molecule has 2 amide bonds. The van der Waals surface area contributed by atoms with E-state index in [-0.39, 0.29) is 23.9 Å². The summed E-state index contributed by atoms with van der Waals surface area (Å²) in [6.07, 6.45) is 1.59. The van der Waals surface area contributed by atoms with Gasteiger partial charge in [-0.05, 0) is 31.4 Å². The molecule has 0 radical (unpaired) electrons. The van der Waals surface area contributed by atoms with Crippen LogP contribution in [-0.2, 0) is 4.79 Å². The SMILES string of the molecule is CNC(=O)[C@@H]1C[C@@H](O)CN1C1CCN(C(=O)c2ccc3ccccc3n2)CC1. The Bertz CT molecular complexity index is 879. The topological polar surface area (TPSA) is 85.8 Å². The van der Waals surface area contributed by atoms with Crippen LogP contribution in [0.25, 0.3) is 10.9 Å². The minimum atomic E-state index is -0.469. The number of fused-ring (bicyclic) bond motifs is 1. The lowest BCUT2D eigenvalue weighted by atomic mass is 10.0. The number of benzene rings is 1. The standard InChI is InChI=1S/C21H26N4O3/c1-22-20(27)19-12-16(26)13-25(19)15-8-10-24(11-9-15)21(28)18-7-6-14-4-2-3-5-17(14)23-18/h2-7,15-16,19,26H,8-13H2,1H3,(H,22,27)/t16-,19+/m1/s1. The van der Waals surface area contributed by atoms with Crippen molar-refractivity contribution < 1.29 is 14.7 Å². The lowest BCUT2D eigenvalue weighted by Crippen LogP contribution is -2.51. The summed E-state index contributed by atoms with van der Waals surface area (Å²) in [5.74, 6) is -0.0936. The fourth-order valence-electron chi connectivity index (χ4n) is 4.41. The fourth-order valence-corrected chi connectivity index (χ4v) is 4.41. The molecule has 148 valence electrons. The van der Waals surface area contributed by atoms with Gasteiger partial charge in [-0.15, -0.1) is 0 Å². The zero-order chi connectivity index (χ0) is 19.7. The summed E-state index contributed by atoms with van der Waals surface area (Å²) in [7, 11) is 1.63. The number of β-amino-alcohol motifs (C(OH)–C–C–N with tert-alkyl or cyclic N) is 1. The van der Waals surface area contributed by atoms with E-state index in [1.54, 1.807) is 13.1 Å². The smallest absolute Gasteiger partial charge is 0.272 e. The molecule has 0 unspecified atom stereocenters. The normalized spacial score (nSPS) is 23.9. The van der Waals surface area contributed by atoms with Gasteiger partial charge in [-0.25, -0.2) is 4.98 Å². The molecule has 0 spiro atoms. The molecule has 2 N–H and O–H groups in total. The van der Waals surface area contributed by atoms with E-state index in [0.717, 1.165) is 23.7 Å². The van der Waals surface area contributed by atoms with E-state index < -0.39 is 6.10 Å². The molecule has 3 heterocycles. The number of carbonyl (C=O) groups is 2. The van der Waals surface area contributed by atoms with Gasteiger partial charge in [-0.1, -0.05) is 24.3 Å². The minimum Gasteiger partial charge on any atom is -0.392 e. The number of pyridine rings is 1. The quantitative estimate of drug-likeness (QED) is 0.828. The maximum Gasteiger partial charge on any atom is 0.272 e. The van der Waals surface area contributed by atoms with Crippen LogP contribution in [0.2, 0.25) is 0 Å². The van der Waals surface area contributed by atoms with Crippen molar-refractivity contribution in [2.24, 2.45) is 0 Å². The van der Waals surface area contributed by atoms with E-state index in [0.29, 0.717) is 31.7 Å². The summed E-state index contributed by atoms with van der Waals surface area (Å²) < 4.78 is 0. The fraction of sp³-hybridized carbons (Fsp3) is 0.476. The molecule has 2 saturated heterocycles. The van der Waals surface area contributed by atoms with Crippen LogP contribution in [0.1, 0.15) is 29.8 Å². The Morgan fingerprint density at radius 3 is 2.64 bits per heavy atom. The predicted molar refractivity (Wildman–Crippen MR) is 106 cm³/mol. The predicted octanol–water partition coefficient (Wildman–Crippen LogP) is 1.02. The molecule has 1 aromatic carbocycles. The van der Waals surface area contributed by atoms with Crippen LogP contribution in [0.4, 0.5) is 0 Å². The van der Waals surface area contributed by atoms with E-state index in [2.05, 4.69) is 15.2 Å². The lowest BCUT2D eigenvalue weighted by molar-refractivity contribution is -0.126. The van der Waals surface area contributed by atoms with Crippen LogP contribution in [0.3, 0.4) is 0 Å². The van der Waals surface area contributed by atoms with Gasteiger partial charge in [-0.3, -0.25) is 14.5 Å². The number of nitrogens with one attached hydrogen (secondary N) is 1. The number of aromatic nitrogens is 1. The summed E-state index contributed by atoms with van der Waals surface area (Å²) >= 11 is 0. The molecule has 0 saturated carbocycles. The first-order valence-corrected chi connectivity index (χ1v) is 9.87. The number of hydrogen-bond donors (Lipinski definition) is 2. The monoisotopic (exact) mass is 382 g/mol. The highest BCUT2D eigenvalue weighted by molar-refractivity contribution is 5.95. The number of para-hydroxylation sites is 1.